The maximum atomic E-state index is 13.9. The van der Waals surface area contributed by atoms with Crippen LogP contribution in [0.1, 0.15) is 84.6 Å². The number of hydrogen-bond acceptors (Lipinski definition) is 11. The molecule has 6 aliphatic rings. The van der Waals surface area contributed by atoms with Gasteiger partial charge in [0.15, 0.2) is 17.0 Å². The first kappa shape index (κ1) is 35.5. The van der Waals surface area contributed by atoms with E-state index in [4.69, 9.17) is 23.7 Å². The van der Waals surface area contributed by atoms with Crippen LogP contribution in [0.15, 0.2) is 54.1 Å². The topological polar surface area (TPSA) is 165 Å². The summed E-state index contributed by atoms with van der Waals surface area (Å²) in [5, 5.41) is 44.7. The zero-order valence-electron chi connectivity index (χ0n) is 29.3. The third kappa shape index (κ3) is 4.81. The first-order chi connectivity index (χ1) is 23.8. The Labute approximate surface area is 292 Å². The van der Waals surface area contributed by atoms with Gasteiger partial charge in [-0.05, 0) is 55.2 Å². The van der Waals surface area contributed by atoms with Gasteiger partial charge in [-0.25, -0.2) is 4.79 Å². The fourth-order valence-corrected chi connectivity index (χ4v) is 9.95. The third-order valence-electron chi connectivity index (χ3n) is 12.4. The number of carbonyl (C=O) groups excluding carboxylic acids is 2. The molecule has 12 atom stereocenters. The number of aliphatic hydroxyl groups excluding tert-OH is 2. The van der Waals surface area contributed by atoms with Crippen LogP contribution in [0.5, 0.6) is 5.75 Å². The van der Waals surface area contributed by atoms with E-state index in [1.807, 2.05) is 6.92 Å². The second-order valence-corrected chi connectivity index (χ2v) is 15.4. The first-order valence-corrected chi connectivity index (χ1v) is 18.1. The number of carbonyl (C=O) groups is 2. The first-order valence-electron chi connectivity index (χ1n) is 18.1. The highest BCUT2D eigenvalue weighted by molar-refractivity contribution is 6.05. The van der Waals surface area contributed by atoms with Crippen LogP contribution >= 0.6 is 0 Å². The highest BCUT2D eigenvalue weighted by Crippen LogP contribution is 2.73. The summed E-state index contributed by atoms with van der Waals surface area (Å²) in [6.45, 7) is 11.1. The highest BCUT2D eigenvalue weighted by Gasteiger charge is 2.90. The van der Waals surface area contributed by atoms with Crippen molar-refractivity contribution >= 4 is 17.8 Å². The monoisotopic (exact) mass is 694 g/mol. The van der Waals surface area contributed by atoms with Crippen molar-refractivity contribution in [2.75, 3.05) is 6.61 Å². The molecule has 3 aliphatic carbocycles. The standard InChI is InChI=1S/C39H50O11/c1-6-7-8-9-10-11-12-19-36-48-33-29-32-35(21-40,47-32)34(44)37(45)27(20-23(4)30(37)43)39(29,50-36)24(5)31(38(33,49-36)22(2)3)46-28(42)18-15-25-13-16-26(41)17-14-25/h13-18,20,24,27,29,31-34,40-41,44-45H,2,6-12,19,21H2,1,3-5H3/t24-,27-,29+,31-,32+,33-,34-,35+,36-,37-,38+,39+/m1/s1. The van der Waals surface area contributed by atoms with Gasteiger partial charge in [0.1, 0.15) is 35.8 Å². The predicted molar refractivity (Wildman–Crippen MR) is 180 cm³/mol. The average molecular weight is 695 g/mol. The number of phenols is 1. The van der Waals surface area contributed by atoms with Gasteiger partial charge in [0.05, 0.1) is 12.2 Å². The van der Waals surface area contributed by atoms with Crippen molar-refractivity contribution < 1.29 is 53.7 Å². The van der Waals surface area contributed by atoms with E-state index in [0.717, 1.165) is 25.7 Å². The Morgan fingerprint density at radius 2 is 1.72 bits per heavy atom. The van der Waals surface area contributed by atoms with Crippen molar-refractivity contribution in [2.24, 2.45) is 17.8 Å². The van der Waals surface area contributed by atoms with Crippen LogP contribution in [-0.2, 0) is 33.3 Å². The number of phenolic OH excluding ortho intramolecular Hbond substituents is 1. The SMILES string of the molecule is C=C(C)[C@@]12O[C@@]3(CCCCCCCCC)O[C@@H]1[C@@H]1[C@@H]4O[C@]4(CO)[C@@H](O)[C@]4(O)C(=O)C(C)=C[C@H]4[C@@]1(O3)[C@H](C)[C@H]2OC(=O)C=Cc1ccc(O)cc1. The summed E-state index contributed by atoms with van der Waals surface area (Å²) in [6.07, 6.45) is 7.47. The molecule has 1 aromatic rings. The number of rotatable bonds is 13. The molecule has 3 saturated heterocycles. The molecule has 11 heteroatoms. The molecular weight excluding hydrogens is 644 g/mol. The molecule has 3 bridgehead atoms. The molecule has 4 N–H and O–H groups in total. The van der Waals surface area contributed by atoms with Crippen LogP contribution in [0.3, 0.4) is 0 Å². The molecule has 1 aromatic carbocycles. The van der Waals surface area contributed by atoms with E-state index in [9.17, 15) is 30.0 Å². The summed E-state index contributed by atoms with van der Waals surface area (Å²) in [6, 6.07) is 6.35. The van der Waals surface area contributed by atoms with E-state index >= 15 is 0 Å². The van der Waals surface area contributed by atoms with Gasteiger partial charge in [0.25, 0.3) is 5.97 Å². The Morgan fingerprint density at radius 1 is 1.04 bits per heavy atom. The quantitative estimate of drug-likeness (QED) is 0.0767. The largest absolute Gasteiger partial charge is 0.508 e. The van der Waals surface area contributed by atoms with Crippen molar-refractivity contribution in [3.8, 4) is 5.75 Å². The molecule has 3 aliphatic heterocycles. The summed E-state index contributed by atoms with van der Waals surface area (Å²) >= 11 is 0. The molecule has 2 saturated carbocycles. The van der Waals surface area contributed by atoms with Crippen LogP contribution in [-0.4, -0.2) is 91.6 Å². The molecular formula is C39H50O11. The smallest absolute Gasteiger partial charge is 0.331 e. The highest BCUT2D eigenvalue weighted by atomic mass is 16.9. The lowest BCUT2D eigenvalue weighted by molar-refractivity contribution is -0.431. The maximum Gasteiger partial charge on any atom is 0.331 e. The molecule has 272 valence electrons. The Morgan fingerprint density at radius 3 is 2.38 bits per heavy atom. The third-order valence-corrected chi connectivity index (χ3v) is 12.4. The van der Waals surface area contributed by atoms with Gasteiger partial charge in [-0.1, -0.05) is 77.2 Å². The van der Waals surface area contributed by atoms with Crippen LogP contribution in [0.2, 0.25) is 0 Å². The number of epoxide rings is 1. The number of ether oxygens (including phenoxy) is 5. The van der Waals surface area contributed by atoms with Crippen LogP contribution < -0.4 is 0 Å². The molecule has 3 heterocycles. The van der Waals surface area contributed by atoms with E-state index in [1.54, 1.807) is 38.1 Å². The van der Waals surface area contributed by atoms with E-state index in [-0.39, 0.29) is 11.3 Å². The van der Waals surface area contributed by atoms with Gasteiger partial charge in [-0.15, -0.1) is 0 Å². The summed E-state index contributed by atoms with van der Waals surface area (Å²) < 4.78 is 33.5. The number of esters is 1. The number of hydrogen-bond donors (Lipinski definition) is 4. The van der Waals surface area contributed by atoms with E-state index in [1.165, 1.54) is 31.1 Å². The van der Waals surface area contributed by atoms with Crippen LogP contribution in [0.25, 0.3) is 6.08 Å². The minimum Gasteiger partial charge on any atom is -0.508 e. The minimum absolute atomic E-state index is 0.0971. The molecule has 50 heavy (non-hydrogen) atoms. The van der Waals surface area contributed by atoms with Gasteiger partial charge >= 0.3 is 5.97 Å². The molecule has 7 rings (SSSR count). The van der Waals surface area contributed by atoms with Gasteiger partial charge in [-0.2, -0.15) is 0 Å². The molecule has 0 spiro atoms. The maximum absolute atomic E-state index is 13.9. The van der Waals surface area contributed by atoms with Gasteiger partial charge < -0.3 is 44.1 Å². The number of aromatic hydroxyl groups is 1. The Balaban J connectivity index is 1.32. The lowest BCUT2D eigenvalue weighted by Crippen LogP contribution is -2.76. The summed E-state index contributed by atoms with van der Waals surface area (Å²) in [5.41, 5.74) is -5.56. The molecule has 0 aromatic heterocycles. The summed E-state index contributed by atoms with van der Waals surface area (Å²) in [4.78, 5) is 27.6. The molecule has 11 nitrogen and oxygen atoms in total. The number of ketones is 1. The van der Waals surface area contributed by atoms with Crippen molar-refractivity contribution in [1.82, 2.24) is 0 Å². The lowest BCUT2D eigenvalue weighted by Gasteiger charge is -2.61. The number of Topliss-reactive ketones (excluding diaryl/α,β-unsaturated/α-hetero) is 1. The average Bonchev–Trinajstić information content (AvgIpc) is 3.72. The molecule has 5 fully saturated rings. The van der Waals surface area contributed by atoms with Crippen molar-refractivity contribution in [3.05, 3.63) is 59.7 Å². The number of fused-ring (bicyclic) bond motifs is 3. The second kappa shape index (κ2) is 12.4. The van der Waals surface area contributed by atoms with Crippen molar-refractivity contribution in [2.45, 2.75) is 132 Å². The Hall–Kier alpha value is -2.90. The Kier molecular flexibility index (Phi) is 8.78. The fraction of sp³-hybridized carbons (Fsp3) is 0.641. The van der Waals surface area contributed by atoms with E-state index in [2.05, 4.69) is 13.5 Å². The van der Waals surface area contributed by atoms with E-state index in [0.29, 0.717) is 24.0 Å². The number of unbranched alkanes of at least 4 members (excludes halogenated alkanes) is 6. The molecule has 0 amide bonds. The number of aliphatic hydroxyl groups is 3. The zero-order valence-corrected chi connectivity index (χ0v) is 29.3. The molecule has 0 unspecified atom stereocenters. The second-order valence-electron chi connectivity index (χ2n) is 15.4. The summed E-state index contributed by atoms with van der Waals surface area (Å²) in [5.74, 6) is -5.54. The van der Waals surface area contributed by atoms with Crippen molar-refractivity contribution in [3.63, 3.8) is 0 Å². The Bertz CT molecular complexity index is 1600. The number of benzene rings is 1. The van der Waals surface area contributed by atoms with E-state index < -0.39 is 88.9 Å². The fourth-order valence-electron chi connectivity index (χ4n) is 9.95. The van der Waals surface area contributed by atoms with Crippen LogP contribution in [0, 0.1) is 17.8 Å². The van der Waals surface area contributed by atoms with Gasteiger partial charge in [0.2, 0.25) is 0 Å². The van der Waals surface area contributed by atoms with Crippen molar-refractivity contribution in [1.29, 1.82) is 0 Å². The van der Waals surface area contributed by atoms with Gasteiger partial charge in [0, 0.05) is 30.3 Å². The lowest BCUT2D eigenvalue weighted by atomic mass is 9.53. The summed E-state index contributed by atoms with van der Waals surface area (Å²) in [7, 11) is 0. The predicted octanol–water partition coefficient (Wildman–Crippen LogP) is 4.26. The molecule has 0 radical (unpaired) electrons. The normalized spacial score (nSPS) is 43.6. The van der Waals surface area contributed by atoms with Gasteiger partial charge in [-0.3, -0.25) is 4.79 Å². The minimum atomic E-state index is -2.40. The zero-order chi connectivity index (χ0) is 35.9. The van der Waals surface area contributed by atoms with Crippen LogP contribution in [0.4, 0.5) is 0 Å².